The van der Waals surface area contributed by atoms with Crippen LogP contribution in [0.15, 0.2) is 24.3 Å². The van der Waals surface area contributed by atoms with E-state index in [4.69, 9.17) is 14.5 Å². The van der Waals surface area contributed by atoms with E-state index in [0.29, 0.717) is 29.4 Å². The number of halogens is 2. The SMILES string of the molecule is COc1cc(N2CCN(C)CC2)nc(N2C[C@@H](c3c(F)cc(OC)cc3I)CC2=O)c1. The maximum absolute atomic E-state index is 14.8. The zero-order valence-electron chi connectivity index (χ0n) is 17.9. The predicted octanol–water partition coefficient (Wildman–Crippen LogP) is 3.11. The number of nitrogens with zero attached hydrogens (tertiary/aromatic N) is 4. The summed E-state index contributed by atoms with van der Waals surface area (Å²) in [5.74, 6) is 1.80. The standard InChI is InChI=1S/C22H26FIN4O3/c1-26-4-6-27(7-5-26)19-11-16(31-3)12-20(25-19)28-13-14(8-21(28)29)22-17(23)9-15(30-2)10-18(22)24/h9-12,14H,4-8,13H2,1-3H3/t14-/m0/s1. The highest BCUT2D eigenvalue weighted by Gasteiger charge is 2.35. The smallest absolute Gasteiger partial charge is 0.228 e. The normalized spacial score (nSPS) is 19.8. The van der Waals surface area contributed by atoms with Crippen molar-refractivity contribution in [3.05, 3.63) is 39.2 Å². The van der Waals surface area contributed by atoms with Gasteiger partial charge in [-0.15, -0.1) is 0 Å². The van der Waals surface area contributed by atoms with Gasteiger partial charge in [0.15, 0.2) is 0 Å². The van der Waals surface area contributed by atoms with Crippen molar-refractivity contribution in [2.75, 3.05) is 63.8 Å². The van der Waals surface area contributed by atoms with Crippen LogP contribution in [0, 0.1) is 9.39 Å². The summed E-state index contributed by atoms with van der Waals surface area (Å²) >= 11 is 2.10. The molecule has 0 unspecified atom stereocenters. The van der Waals surface area contributed by atoms with Crippen LogP contribution >= 0.6 is 22.6 Å². The van der Waals surface area contributed by atoms with Crippen molar-refractivity contribution in [1.29, 1.82) is 0 Å². The monoisotopic (exact) mass is 540 g/mol. The van der Waals surface area contributed by atoms with Gasteiger partial charge in [0.05, 0.1) is 14.2 Å². The average molecular weight is 540 g/mol. The molecule has 3 heterocycles. The number of piperazine rings is 1. The number of carbonyl (C=O) groups excluding carboxylic acids is 1. The van der Waals surface area contributed by atoms with Crippen molar-refractivity contribution in [2.45, 2.75) is 12.3 Å². The van der Waals surface area contributed by atoms with E-state index >= 15 is 0 Å². The summed E-state index contributed by atoms with van der Waals surface area (Å²) < 4.78 is 26.2. The first-order valence-electron chi connectivity index (χ1n) is 10.2. The Labute approximate surface area is 195 Å². The zero-order chi connectivity index (χ0) is 22.1. The number of hydrogen-bond acceptors (Lipinski definition) is 6. The molecule has 0 saturated carbocycles. The molecule has 0 aliphatic carbocycles. The summed E-state index contributed by atoms with van der Waals surface area (Å²) in [6.07, 6.45) is 0.238. The molecule has 31 heavy (non-hydrogen) atoms. The molecule has 0 bridgehead atoms. The molecule has 9 heteroatoms. The number of carbonyl (C=O) groups is 1. The minimum absolute atomic E-state index is 0.0684. The Morgan fingerprint density at radius 1 is 1.03 bits per heavy atom. The molecule has 2 saturated heterocycles. The number of likely N-dealkylation sites (N-methyl/N-ethyl adjacent to an activating group) is 1. The van der Waals surface area contributed by atoms with Crippen molar-refractivity contribution in [1.82, 2.24) is 9.88 Å². The Morgan fingerprint density at radius 3 is 2.32 bits per heavy atom. The van der Waals surface area contributed by atoms with E-state index in [1.54, 1.807) is 24.1 Å². The number of hydrogen-bond donors (Lipinski definition) is 0. The number of pyridine rings is 1. The molecular formula is C22H26FIN4O3. The van der Waals surface area contributed by atoms with Gasteiger partial charge in [0.25, 0.3) is 0 Å². The Morgan fingerprint density at radius 2 is 1.68 bits per heavy atom. The maximum Gasteiger partial charge on any atom is 0.228 e. The minimum atomic E-state index is -0.347. The molecule has 1 amide bonds. The van der Waals surface area contributed by atoms with Gasteiger partial charge in [0.1, 0.15) is 29.0 Å². The van der Waals surface area contributed by atoms with Crippen molar-refractivity contribution in [2.24, 2.45) is 0 Å². The Kier molecular flexibility index (Phi) is 6.52. The molecule has 2 fully saturated rings. The molecule has 0 N–H and O–H groups in total. The van der Waals surface area contributed by atoms with Gasteiger partial charge in [-0.1, -0.05) is 0 Å². The van der Waals surface area contributed by atoms with Crippen molar-refractivity contribution >= 4 is 40.1 Å². The second-order valence-corrected chi connectivity index (χ2v) is 9.09. The lowest BCUT2D eigenvalue weighted by molar-refractivity contribution is -0.117. The molecule has 1 aromatic carbocycles. The summed E-state index contributed by atoms with van der Waals surface area (Å²) in [6.45, 7) is 4.01. The van der Waals surface area contributed by atoms with Crippen LogP contribution in [0.2, 0.25) is 0 Å². The summed E-state index contributed by atoms with van der Waals surface area (Å²) in [7, 11) is 5.22. The van der Waals surface area contributed by atoms with E-state index in [1.807, 2.05) is 6.07 Å². The lowest BCUT2D eigenvalue weighted by Crippen LogP contribution is -2.45. The number of ether oxygens (including phenoxy) is 2. The van der Waals surface area contributed by atoms with Crippen molar-refractivity contribution in [3.63, 3.8) is 0 Å². The van der Waals surface area contributed by atoms with Gasteiger partial charge < -0.3 is 19.3 Å². The third-order valence-corrected chi connectivity index (χ3v) is 6.83. The molecule has 1 aromatic heterocycles. The summed E-state index contributed by atoms with van der Waals surface area (Å²) in [4.78, 5) is 23.8. The third-order valence-electron chi connectivity index (χ3n) is 5.93. The summed E-state index contributed by atoms with van der Waals surface area (Å²) in [5, 5.41) is 0. The van der Waals surface area contributed by atoms with Gasteiger partial charge in [-0.2, -0.15) is 0 Å². The van der Waals surface area contributed by atoms with Crippen LogP contribution in [0.5, 0.6) is 11.5 Å². The first-order chi connectivity index (χ1) is 14.9. The number of rotatable bonds is 5. The predicted molar refractivity (Wildman–Crippen MR) is 126 cm³/mol. The van der Waals surface area contributed by atoms with Crippen LogP contribution in [0.25, 0.3) is 0 Å². The first kappa shape index (κ1) is 22.1. The maximum atomic E-state index is 14.8. The second kappa shape index (κ2) is 9.15. The van der Waals surface area contributed by atoms with Crippen LogP contribution in [-0.4, -0.2) is 69.8 Å². The van der Waals surface area contributed by atoms with Crippen LogP contribution < -0.4 is 19.3 Å². The molecule has 4 rings (SSSR count). The van der Waals surface area contributed by atoms with Crippen LogP contribution in [0.4, 0.5) is 16.0 Å². The number of amides is 1. The quantitative estimate of drug-likeness (QED) is 0.544. The van der Waals surface area contributed by atoms with Crippen molar-refractivity contribution in [3.8, 4) is 11.5 Å². The first-order valence-corrected chi connectivity index (χ1v) is 11.3. The number of anilines is 2. The van der Waals surface area contributed by atoms with Crippen LogP contribution in [-0.2, 0) is 4.79 Å². The van der Waals surface area contributed by atoms with E-state index in [1.165, 1.54) is 13.2 Å². The van der Waals surface area contributed by atoms with Gasteiger partial charge in [0.2, 0.25) is 5.91 Å². The van der Waals surface area contributed by atoms with Crippen LogP contribution in [0.3, 0.4) is 0 Å². The Balaban J connectivity index is 1.62. The topological polar surface area (TPSA) is 58.1 Å². The highest BCUT2D eigenvalue weighted by atomic mass is 127. The molecule has 7 nitrogen and oxygen atoms in total. The molecule has 2 aromatic rings. The van der Waals surface area contributed by atoms with Crippen molar-refractivity contribution < 1.29 is 18.7 Å². The number of benzene rings is 1. The fourth-order valence-corrected chi connectivity index (χ4v) is 5.13. The summed E-state index contributed by atoms with van der Waals surface area (Å²) in [5.41, 5.74) is 0.555. The van der Waals surface area contributed by atoms with Gasteiger partial charge >= 0.3 is 0 Å². The molecular weight excluding hydrogens is 514 g/mol. The largest absolute Gasteiger partial charge is 0.497 e. The Bertz CT molecular complexity index is 958. The van der Waals surface area contributed by atoms with E-state index in [0.717, 1.165) is 35.6 Å². The second-order valence-electron chi connectivity index (χ2n) is 7.92. The van der Waals surface area contributed by atoms with Gasteiger partial charge in [-0.05, 0) is 35.7 Å². The zero-order valence-corrected chi connectivity index (χ0v) is 20.1. The molecule has 2 aliphatic heterocycles. The molecule has 2 aliphatic rings. The van der Waals surface area contributed by atoms with E-state index in [2.05, 4.69) is 39.4 Å². The Hall–Kier alpha value is -2.14. The highest BCUT2D eigenvalue weighted by Crippen LogP contribution is 2.38. The number of methoxy groups -OCH3 is 2. The lowest BCUT2D eigenvalue weighted by Gasteiger charge is -2.33. The van der Waals surface area contributed by atoms with E-state index in [-0.39, 0.29) is 24.1 Å². The van der Waals surface area contributed by atoms with Gasteiger partial charge in [0, 0.05) is 72.4 Å². The minimum Gasteiger partial charge on any atom is -0.497 e. The molecule has 0 radical (unpaired) electrons. The molecule has 166 valence electrons. The fourth-order valence-electron chi connectivity index (χ4n) is 4.12. The van der Waals surface area contributed by atoms with E-state index in [9.17, 15) is 9.18 Å². The number of aromatic nitrogens is 1. The van der Waals surface area contributed by atoms with Gasteiger partial charge in [-0.3, -0.25) is 9.69 Å². The third kappa shape index (κ3) is 4.57. The lowest BCUT2D eigenvalue weighted by atomic mass is 9.97. The fraction of sp³-hybridized carbons (Fsp3) is 0.455. The highest BCUT2D eigenvalue weighted by molar-refractivity contribution is 14.1. The summed E-state index contributed by atoms with van der Waals surface area (Å²) in [6, 6.07) is 6.84. The average Bonchev–Trinajstić information content (AvgIpc) is 3.14. The van der Waals surface area contributed by atoms with Gasteiger partial charge in [-0.25, -0.2) is 9.37 Å². The van der Waals surface area contributed by atoms with Crippen LogP contribution in [0.1, 0.15) is 17.9 Å². The molecule has 1 atom stereocenters. The molecule has 0 spiro atoms. The van der Waals surface area contributed by atoms with E-state index < -0.39 is 0 Å².